The molecule has 35 heavy (non-hydrogen) atoms. The molecule has 0 bridgehead atoms. The third-order valence-electron chi connectivity index (χ3n) is 6.81. The summed E-state index contributed by atoms with van der Waals surface area (Å²) >= 11 is 0. The van der Waals surface area contributed by atoms with E-state index in [4.69, 9.17) is 0 Å². The standard InChI is InChI=1S/C28H26F3N3O/c1-14(2)27-19(28(35)32-22-10-8-17-13-18(29)12-15(3)24(17)22)9-11-23-25(16(4)33-34(23)27)26-20(30)6-5-7-21(26)31/h5-7,9,11-14,22H,8,10H2,1-4H3,(H,32,35). The van der Waals surface area contributed by atoms with Crippen LogP contribution in [0.2, 0.25) is 0 Å². The predicted octanol–water partition coefficient (Wildman–Crippen LogP) is 6.58. The van der Waals surface area contributed by atoms with Gasteiger partial charge in [0.25, 0.3) is 5.91 Å². The molecule has 0 saturated carbocycles. The minimum absolute atomic E-state index is 0.0937. The van der Waals surface area contributed by atoms with Crippen LogP contribution in [0.3, 0.4) is 0 Å². The SMILES string of the molecule is Cc1cc(F)cc2c1C(NC(=O)c1ccc3c(-c4c(F)cccc4F)c(C)nn3c1C(C)C)CC2. The molecule has 2 heterocycles. The summed E-state index contributed by atoms with van der Waals surface area (Å²) in [4.78, 5) is 13.5. The molecule has 4 nitrogen and oxygen atoms in total. The van der Waals surface area contributed by atoms with E-state index in [1.54, 1.807) is 23.6 Å². The molecule has 1 aliphatic carbocycles. The third kappa shape index (κ3) is 3.79. The number of carbonyl (C=O) groups is 1. The third-order valence-corrected chi connectivity index (χ3v) is 6.81. The average Bonchev–Trinajstić information content (AvgIpc) is 3.33. The first kappa shape index (κ1) is 23.1. The van der Waals surface area contributed by atoms with Gasteiger partial charge in [-0.1, -0.05) is 19.9 Å². The van der Waals surface area contributed by atoms with Crippen LogP contribution in [0, 0.1) is 31.3 Å². The van der Waals surface area contributed by atoms with Crippen molar-refractivity contribution < 1.29 is 18.0 Å². The average molecular weight is 478 g/mol. The quantitative estimate of drug-likeness (QED) is 0.361. The van der Waals surface area contributed by atoms with Gasteiger partial charge >= 0.3 is 0 Å². The fraction of sp³-hybridized carbons (Fsp3) is 0.286. The molecular formula is C28H26F3N3O. The minimum Gasteiger partial charge on any atom is -0.345 e. The molecule has 0 spiro atoms. The Kier molecular flexibility index (Phi) is 5.66. The Balaban J connectivity index is 1.59. The van der Waals surface area contributed by atoms with Gasteiger partial charge < -0.3 is 5.32 Å². The van der Waals surface area contributed by atoms with Crippen LogP contribution in [0.5, 0.6) is 0 Å². The highest BCUT2D eigenvalue weighted by molar-refractivity contribution is 5.97. The van der Waals surface area contributed by atoms with E-state index in [9.17, 15) is 18.0 Å². The summed E-state index contributed by atoms with van der Waals surface area (Å²) in [6, 6.07) is 9.97. The molecule has 4 aromatic rings. The lowest BCUT2D eigenvalue weighted by Gasteiger charge is -2.19. The van der Waals surface area contributed by atoms with Crippen LogP contribution in [0.1, 0.15) is 70.7 Å². The number of rotatable bonds is 4. The molecule has 5 rings (SSSR count). The number of nitrogens with one attached hydrogen (secondary N) is 1. The molecule has 180 valence electrons. The van der Waals surface area contributed by atoms with Crippen molar-refractivity contribution >= 4 is 11.4 Å². The van der Waals surface area contributed by atoms with E-state index in [2.05, 4.69) is 10.4 Å². The van der Waals surface area contributed by atoms with Crippen molar-refractivity contribution in [1.82, 2.24) is 14.9 Å². The van der Waals surface area contributed by atoms with E-state index >= 15 is 0 Å². The van der Waals surface area contributed by atoms with Crippen LogP contribution in [-0.4, -0.2) is 15.5 Å². The number of carbonyl (C=O) groups excluding carboxylic acids is 1. The summed E-state index contributed by atoms with van der Waals surface area (Å²) in [5, 5.41) is 7.71. The van der Waals surface area contributed by atoms with E-state index in [1.807, 2.05) is 20.8 Å². The van der Waals surface area contributed by atoms with Gasteiger partial charge in [0, 0.05) is 5.56 Å². The van der Waals surface area contributed by atoms with Crippen molar-refractivity contribution in [3.05, 3.63) is 93.6 Å². The van der Waals surface area contributed by atoms with Gasteiger partial charge in [0.1, 0.15) is 17.5 Å². The Bertz CT molecular complexity index is 1470. The molecule has 1 amide bonds. The van der Waals surface area contributed by atoms with Crippen molar-refractivity contribution in [3.8, 4) is 11.1 Å². The first-order valence-corrected chi connectivity index (χ1v) is 11.7. The Morgan fingerprint density at radius 1 is 1.06 bits per heavy atom. The van der Waals surface area contributed by atoms with E-state index in [1.165, 1.54) is 30.3 Å². The Labute approximate surface area is 201 Å². The number of pyridine rings is 1. The van der Waals surface area contributed by atoms with Crippen LogP contribution >= 0.6 is 0 Å². The molecule has 0 fully saturated rings. The molecule has 2 aromatic carbocycles. The highest BCUT2D eigenvalue weighted by Gasteiger charge is 2.29. The molecule has 0 radical (unpaired) electrons. The van der Waals surface area contributed by atoms with Gasteiger partial charge in [0.05, 0.1) is 34.1 Å². The van der Waals surface area contributed by atoms with Gasteiger partial charge in [0.15, 0.2) is 0 Å². The molecule has 0 saturated heterocycles. The van der Waals surface area contributed by atoms with E-state index < -0.39 is 11.6 Å². The van der Waals surface area contributed by atoms with Gasteiger partial charge in [-0.2, -0.15) is 5.10 Å². The monoisotopic (exact) mass is 477 g/mol. The number of hydrogen-bond donors (Lipinski definition) is 1. The Morgan fingerprint density at radius 2 is 1.77 bits per heavy atom. The van der Waals surface area contributed by atoms with Crippen LogP contribution in [-0.2, 0) is 6.42 Å². The van der Waals surface area contributed by atoms with E-state index in [0.29, 0.717) is 40.9 Å². The number of hydrogen-bond acceptors (Lipinski definition) is 2. The maximum Gasteiger partial charge on any atom is 0.253 e. The summed E-state index contributed by atoms with van der Waals surface area (Å²) in [7, 11) is 0. The maximum absolute atomic E-state index is 14.6. The number of halogens is 3. The minimum atomic E-state index is -0.664. The van der Waals surface area contributed by atoms with Crippen LogP contribution in [0.25, 0.3) is 16.6 Å². The van der Waals surface area contributed by atoms with Crippen molar-refractivity contribution in [3.63, 3.8) is 0 Å². The lowest BCUT2D eigenvalue weighted by Crippen LogP contribution is -2.29. The number of aryl methyl sites for hydroxylation is 3. The van der Waals surface area contributed by atoms with Crippen LogP contribution in [0.15, 0.2) is 42.5 Å². The second kappa shape index (κ2) is 8.56. The number of fused-ring (bicyclic) bond motifs is 2. The summed E-state index contributed by atoms with van der Waals surface area (Å²) in [6.07, 6.45) is 1.40. The van der Waals surface area contributed by atoms with Crippen molar-refractivity contribution in [1.29, 1.82) is 0 Å². The fourth-order valence-corrected chi connectivity index (χ4v) is 5.39. The molecule has 0 aliphatic heterocycles. The van der Waals surface area contributed by atoms with Crippen LogP contribution < -0.4 is 5.32 Å². The van der Waals surface area contributed by atoms with Gasteiger partial charge in [0.2, 0.25) is 0 Å². The van der Waals surface area contributed by atoms with Gasteiger partial charge in [-0.3, -0.25) is 4.79 Å². The summed E-state index contributed by atoms with van der Waals surface area (Å²) < 4.78 is 44.7. The van der Waals surface area contributed by atoms with Gasteiger partial charge in [-0.15, -0.1) is 0 Å². The van der Waals surface area contributed by atoms with Gasteiger partial charge in [-0.25, -0.2) is 17.7 Å². The first-order valence-electron chi connectivity index (χ1n) is 11.7. The lowest BCUT2D eigenvalue weighted by atomic mass is 9.98. The largest absolute Gasteiger partial charge is 0.345 e. The Hall–Kier alpha value is -3.61. The van der Waals surface area contributed by atoms with E-state index in [0.717, 1.165) is 16.7 Å². The summed E-state index contributed by atoms with van der Waals surface area (Å²) in [5.74, 6) is -1.95. The zero-order valence-electron chi connectivity index (χ0n) is 20.0. The first-order chi connectivity index (χ1) is 16.7. The summed E-state index contributed by atoms with van der Waals surface area (Å²) in [5.41, 5.74) is 5.06. The highest BCUT2D eigenvalue weighted by atomic mass is 19.1. The maximum atomic E-state index is 14.6. The molecule has 2 aromatic heterocycles. The number of nitrogens with zero attached hydrogens (tertiary/aromatic N) is 2. The van der Waals surface area contributed by atoms with Crippen molar-refractivity contribution in [2.45, 2.75) is 52.5 Å². The molecule has 1 N–H and O–H groups in total. The molecule has 1 aliphatic rings. The van der Waals surface area contributed by atoms with Crippen LogP contribution in [0.4, 0.5) is 13.2 Å². The highest BCUT2D eigenvalue weighted by Crippen LogP contribution is 2.37. The normalized spacial score (nSPS) is 15.1. The zero-order valence-corrected chi connectivity index (χ0v) is 20.0. The number of aromatic nitrogens is 2. The number of benzene rings is 2. The topological polar surface area (TPSA) is 46.4 Å². The summed E-state index contributed by atoms with van der Waals surface area (Å²) in [6.45, 7) is 7.46. The van der Waals surface area contributed by atoms with Crippen molar-refractivity contribution in [2.75, 3.05) is 0 Å². The second-order valence-corrected chi connectivity index (χ2v) is 9.50. The smallest absolute Gasteiger partial charge is 0.253 e. The van der Waals surface area contributed by atoms with Crippen molar-refractivity contribution in [2.24, 2.45) is 0 Å². The Morgan fingerprint density at radius 3 is 2.46 bits per heavy atom. The predicted molar refractivity (Wildman–Crippen MR) is 129 cm³/mol. The molecule has 7 heteroatoms. The zero-order chi connectivity index (χ0) is 25.0. The second-order valence-electron chi connectivity index (χ2n) is 9.50. The lowest BCUT2D eigenvalue weighted by molar-refractivity contribution is 0.0934. The molecular weight excluding hydrogens is 451 g/mol. The molecule has 1 atom stereocenters. The van der Waals surface area contributed by atoms with E-state index in [-0.39, 0.29) is 29.2 Å². The van der Waals surface area contributed by atoms with Gasteiger partial charge in [-0.05, 0) is 85.7 Å². The fourth-order valence-electron chi connectivity index (χ4n) is 5.39. The number of amides is 1. The molecule has 1 unspecified atom stereocenters.